The minimum Gasteiger partial charge on any atom is -0.271 e. The summed E-state index contributed by atoms with van der Waals surface area (Å²) in [7, 11) is -6.73. The van der Waals surface area contributed by atoms with Gasteiger partial charge in [-0.2, -0.15) is 12.7 Å². The van der Waals surface area contributed by atoms with E-state index in [-0.39, 0.29) is 0 Å². The normalized spacial score (nSPS) is 13.0. The molecule has 0 aliphatic rings. The fourth-order valence-electron chi connectivity index (χ4n) is 1.64. The Kier molecular flexibility index (Phi) is 5.94. The third-order valence-corrected chi connectivity index (χ3v) is 5.03. The van der Waals surface area contributed by atoms with E-state index in [0.29, 0.717) is 24.3 Å². The summed E-state index contributed by atoms with van der Waals surface area (Å²) in [6.07, 6.45) is 2.56. The van der Waals surface area contributed by atoms with Crippen LogP contribution in [0.1, 0.15) is 19.4 Å². The van der Waals surface area contributed by atoms with Crippen molar-refractivity contribution in [2.75, 3.05) is 24.1 Å². The Morgan fingerprint density at radius 2 is 1.57 bits per heavy atom. The van der Waals surface area contributed by atoms with Crippen molar-refractivity contribution in [1.82, 2.24) is 4.31 Å². The Morgan fingerprint density at radius 3 is 2.00 bits per heavy atom. The van der Waals surface area contributed by atoms with Crippen LogP contribution in [0.5, 0.6) is 0 Å². The first-order chi connectivity index (χ1) is 9.68. The van der Waals surface area contributed by atoms with E-state index < -0.39 is 20.0 Å². The van der Waals surface area contributed by atoms with Gasteiger partial charge >= 0.3 is 10.2 Å². The lowest BCUT2D eigenvalue weighted by molar-refractivity contribution is 0.449. The second-order valence-electron chi connectivity index (χ2n) is 4.45. The number of benzene rings is 1. The minimum atomic E-state index is -3.55. The van der Waals surface area contributed by atoms with Gasteiger partial charge < -0.3 is 0 Å². The van der Waals surface area contributed by atoms with E-state index in [9.17, 15) is 16.8 Å². The van der Waals surface area contributed by atoms with Crippen LogP contribution in [0.2, 0.25) is 0 Å². The van der Waals surface area contributed by atoms with Crippen LogP contribution in [0.15, 0.2) is 29.7 Å². The van der Waals surface area contributed by atoms with Crippen LogP contribution >= 0.6 is 0 Å². The molecule has 0 unspecified atom stereocenters. The van der Waals surface area contributed by atoms with Gasteiger partial charge in [0.2, 0.25) is 0 Å². The molecule has 0 amide bonds. The van der Waals surface area contributed by atoms with Gasteiger partial charge in [0, 0.05) is 30.4 Å². The van der Waals surface area contributed by atoms with Crippen molar-refractivity contribution in [3.63, 3.8) is 0 Å². The molecule has 1 aromatic rings. The Balaban J connectivity index is 2.87. The van der Waals surface area contributed by atoms with Gasteiger partial charge in [-0.3, -0.25) is 4.72 Å². The van der Waals surface area contributed by atoms with Crippen molar-refractivity contribution < 1.29 is 16.8 Å². The molecule has 1 N–H and O–H groups in total. The zero-order valence-corrected chi connectivity index (χ0v) is 13.9. The highest BCUT2D eigenvalue weighted by atomic mass is 32.2. The Hall–Kier alpha value is -1.38. The first kappa shape index (κ1) is 17.7. The number of hydrogen-bond acceptors (Lipinski definition) is 4. The van der Waals surface area contributed by atoms with Crippen LogP contribution in [-0.4, -0.2) is 40.5 Å². The molecule has 0 aliphatic heterocycles. The SMILES string of the molecule is CCN(CC)S(=O)(=O)Nc1ccc(/C=C/S(C)(=O)=O)cc1. The molecule has 1 aromatic carbocycles. The zero-order chi connectivity index (χ0) is 16.1. The molecule has 8 heteroatoms. The van der Waals surface area contributed by atoms with Crippen molar-refractivity contribution >= 4 is 31.8 Å². The molecule has 0 spiro atoms. The molecule has 0 aliphatic carbocycles. The molecule has 1 rings (SSSR count). The van der Waals surface area contributed by atoms with Crippen molar-refractivity contribution in [3.8, 4) is 0 Å². The smallest absolute Gasteiger partial charge is 0.271 e. The van der Waals surface area contributed by atoms with Crippen LogP contribution in [0.4, 0.5) is 5.69 Å². The van der Waals surface area contributed by atoms with E-state index in [0.717, 1.165) is 11.7 Å². The van der Waals surface area contributed by atoms with Gasteiger partial charge in [0.15, 0.2) is 9.84 Å². The number of nitrogens with zero attached hydrogens (tertiary/aromatic N) is 1. The van der Waals surface area contributed by atoms with Crippen molar-refractivity contribution in [1.29, 1.82) is 0 Å². The van der Waals surface area contributed by atoms with E-state index in [1.807, 2.05) is 0 Å². The first-order valence-electron chi connectivity index (χ1n) is 6.44. The van der Waals surface area contributed by atoms with Crippen LogP contribution in [0, 0.1) is 0 Å². The van der Waals surface area contributed by atoms with Crippen LogP contribution in [-0.2, 0) is 20.0 Å². The van der Waals surface area contributed by atoms with Crippen molar-refractivity contribution in [2.24, 2.45) is 0 Å². The average Bonchev–Trinajstić information content (AvgIpc) is 2.37. The second kappa shape index (κ2) is 7.06. The minimum absolute atomic E-state index is 0.390. The third kappa shape index (κ3) is 5.86. The molecular formula is C13H20N2O4S2. The molecule has 118 valence electrons. The summed E-state index contributed by atoms with van der Waals surface area (Å²) in [6.45, 7) is 4.31. The van der Waals surface area contributed by atoms with Crippen LogP contribution < -0.4 is 4.72 Å². The molecular weight excluding hydrogens is 312 g/mol. The Labute approximate surface area is 126 Å². The van der Waals surface area contributed by atoms with Crippen LogP contribution in [0.25, 0.3) is 6.08 Å². The maximum Gasteiger partial charge on any atom is 0.301 e. The molecule has 6 nitrogen and oxygen atoms in total. The fourth-order valence-corrected chi connectivity index (χ4v) is 3.29. The maximum atomic E-state index is 12.0. The second-order valence-corrected chi connectivity index (χ2v) is 8.05. The Morgan fingerprint density at radius 1 is 1.05 bits per heavy atom. The third-order valence-electron chi connectivity index (χ3n) is 2.71. The summed E-state index contributed by atoms with van der Waals surface area (Å²) >= 11 is 0. The van der Waals surface area contributed by atoms with E-state index in [4.69, 9.17) is 0 Å². The van der Waals surface area contributed by atoms with Crippen LogP contribution in [0.3, 0.4) is 0 Å². The zero-order valence-electron chi connectivity index (χ0n) is 12.3. The van der Waals surface area contributed by atoms with Gasteiger partial charge in [-0.1, -0.05) is 26.0 Å². The fraction of sp³-hybridized carbons (Fsp3) is 0.385. The van der Waals surface area contributed by atoms with E-state index >= 15 is 0 Å². The molecule has 0 heterocycles. The highest BCUT2D eigenvalue weighted by molar-refractivity contribution is 7.93. The first-order valence-corrected chi connectivity index (χ1v) is 9.83. The molecule has 0 saturated carbocycles. The standard InChI is InChI=1S/C13H20N2O4S2/c1-4-15(5-2)21(18,19)14-13-8-6-12(7-9-13)10-11-20(3,16)17/h6-11,14H,4-5H2,1-3H3/b11-10+. The van der Waals surface area contributed by atoms with Gasteiger partial charge in [-0.05, 0) is 23.8 Å². The molecule has 0 saturated heterocycles. The molecule has 0 fully saturated rings. The summed E-state index contributed by atoms with van der Waals surface area (Å²) in [5.74, 6) is 0. The van der Waals surface area contributed by atoms with Gasteiger partial charge in [-0.25, -0.2) is 8.42 Å². The maximum absolute atomic E-state index is 12.0. The highest BCUT2D eigenvalue weighted by Crippen LogP contribution is 2.14. The summed E-state index contributed by atoms with van der Waals surface area (Å²) in [5, 5.41) is 1.10. The predicted octanol–water partition coefficient (Wildman–Crippen LogP) is 1.70. The Bertz CT molecular complexity index is 688. The average molecular weight is 332 g/mol. The van der Waals surface area contributed by atoms with Gasteiger partial charge in [-0.15, -0.1) is 0 Å². The lowest BCUT2D eigenvalue weighted by Gasteiger charge is -2.19. The lowest BCUT2D eigenvalue weighted by atomic mass is 10.2. The van der Waals surface area contributed by atoms with E-state index in [1.54, 1.807) is 38.1 Å². The summed E-state index contributed by atoms with van der Waals surface area (Å²) in [4.78, 5) is 0. The largest absolute Gasteiger partial charge is 0.301 e. The summed E-state index contributed by atoms with van der Waals surface area (Å²) < 4.78 is 49.9. The predicted molar refractivity (Wildman–Crippen MR) is 85.8 cm³/mol. The van der Waals surface area contributed by atoms with Gasteiger partial charge in [0.05, 0.1) is 0 Å². The van der Waals surface area contributed by atoms with E-state index in [1.165, 1.54) is 10.4 Å². The van der Waals surface area contributed by atoms with Crippen molar-refractivity contribution in [3.05, 3.63) is 35.2 Å². The van der Waals surface area contributed by atoms with Gasteiger partial charge in [0.25, 0.3) is 0 Å². The molecule has 0 atom stereocenters. The van der Waals surface area contributed by atoms with Gasteiger partial charge in [0.1, 0.15) is 0 Å². The molecule has 0 radical (unpaired) electrons. The number of sulfone groups is 1. The highest BCUT2D eigenvalue weighted by Gasteiger charge is 2.17. The summed E-state index contributed by atoms with van der Waals surface area (Å²) in [6, 6.07) is 6.45. The number of anilines is 1. The molecule has 0 bridgehead atoms. The quantitative estimate of drug-likeness (QED) is 0.824. The van der Waals surface area contributed by atoms with Crippen molar-refractivity contribution in [2.45, 2.75) is 13.8 Å². The number of hydrogen-bond donors (Lipinski definition) is 1. The molecule has 0 aromatic heterocycles. The summed E-state index contributed by atoms with van der Waals surface area (Å²) in [5.41, 5.74) is 1.10. The topological polar surface area (TPSA) is 83.6 Å². The lowest BCUT2D eigenvalue weighted by Crippen LogP contribution is -2.35. The number of rotatable bonds is 7. The van der Waals surface area contributed by atoms with E-state index in [2.05, 4.69) is 4.72 Å². The number of nitrogens with one attached hydrogen (secondary N) is 1. The molecule has 21 heavy (non-hydrogen) atoms. The monoisotopic (exact) mass is 332 g/mol.